The number of nitrogens with two attached hydrogens (primary N) is 1. The van der Waals surface area contributed by atoms with Gasteiger partial charge in [-0.25, -0.2) is 0 Å². The molecule has 1 aromatic rings. The van der Waals surface area contributed by atoms with Crippen LogP contribution in [0.3, 0.4) is 0 Å². The van der Waals surface area contributed by atoms with Gasteiger partial charge in [0, 0.05) is 11.1 Å². The van der Waals surface area contributed by atoms with Gasteiger partial charge in [0.1, 0.15) is 6.10 Å². The van der Waals surface area contributed by atoms with Gasteiger partial charge in [-0.15, -0.1) is 0 Å². The van der Waals surface area contributed by atoms with E-state index in [-0.39, 0.29) is 24.1 Å². The number of nitrogens with one attached hydrogen (secondary N) is 1. The lowest BCUT2D eigenvalue weighted by Gasteiger charge is -2.27. The summed E-state index contributed by atoms with van der Waals surface area (Å²) in [6.07, 6.45) is 1.13. The highest BCUT2D eigenvalue weighted by Gasteiger charge is 2.26. The fraction of sp³-hybridized carbons (Fsp3) is 0.500. The first-order valence-corrected chi connectivity index (χ1v) is 6.87. The zero-order valence-corrected chi connectivity index (χ0v) is 11.7. The fourth-order valence-corrected chi connectivity index (χ4v) is 2.25. The Hall–Kier alpha value is -1.10. The molecule has 3 atom stereocenters. The van der Waals surface area contributed by atoms with E-state index in [2.05, 4.69) is 5.32 Å². The van der Waals surface area contributed by atoms with E-state index in [1.165, 1.54) is 0 Å². The first-order valence-electron chi connectivity index (χ1n) is 6.49. The van der Waals surface area contributed by atoms with E-state index in [9.17, 15) is 4.79 Å². The van der Waals surface area contributed by atoms with Crippen LogP contribution in [0, 0.1) is 0 Å². The Morgan fingerprint density at radius 1 is 1.42 bits per heavy atom. The molecule has 0 saturated carbocycles. The third-order valence-corrected chi connectivity index (χ3v) is 3.58. The Balaban J connectivity index is 1.89. The van der Waals surface area contributed by atoms with Crippen LogP contribution in [0.1, 0.15) is 31.4 Å². The van der Waals surface area contributed by atoms with Crippen LogP contribution < -0.4 is 11.1 Å². The largest absolute Gasteiger partial charge is 0.367 e. The van der Waals surface area contributed by atoms with Crippen molar-refractivity contribution in [1.29, 1.82) is 0 Å². The lowest BCUT2D eigenvalue weighted by Crippen LogP contribution is -2.44. The average molecular weight is 283 g/mol. The molecule has 104 valence electrons. The minimum absolute atomic E-state index is 0.0535. The molecular formula is C14H19ClN2O2. The molecule has 0 spiro atoms. The van der Waals surface area contributed by atoms with Crippen LogP contribution in [0.5, 0.6) is 0 Å². The van der Waals surface area contributed by atoms with Crippen LogP contribution >= 0.6 is 11.6 Å². The van der Waals surface area contributed by atoms with E-state index in [0.717, 1.165) is 12.0 Å². The summed E-state index contributed by atoms with van der Waals surface area (Å²) < 4.78 is 5.45. The molecule has 0 aliphatic carbocycles. The van der Waals surface area contributed by atoms with Crippen molar-refractivity contribution in [2.75, 3.05) is 6.61 Å². The summed E-state index contributed by atoms with van der Waals surface area (Å²) in [5.74, 6) is -0.0747. The smallest absolute Gasteiger partial charge is 0.249 e. The van der Waals surface area contributed by atoms with Crippen molar-refractivity contribution in [3.8, 4) is 0 Å². The van der Waals surface area contributed by atoms with Gasteiger partial charge in [-0.05, 0) is 37.5 Å². The number of amides is 1. The maximum Gasteiger partial charge on any atom is 0.249 e. The monoisotopic (exact) mass is 282 g/mol. The number of benzene rings is 1. The molecule has 1 aromatic carbocycles. The SMILES string of the molecule is CC(NC(=O)[C@@H]1CC[C@@H](N)CO1)c1ccc(Cl)cc1. The molecule has 19 heavy (non-hydrogen) atoms. The molecule has 0 bridgehead atoms. The van der Waals surface area contributed by atoms with Crippen molar-refractivity contribution in [3.63, 3.8) is 0 Å². The van der Waals surface area contributed by atoms with Crippen molar-refractivity contribution >= 4 is 17.5 Å². The first kappa shape index (κ1) is 14.3. The zero-order valence-electron chi connectivity index (χ0n) is 10.9. The third kappa shape index (κ3) is 3.93. The van der Waals surface area contributed by atoms with Crippen LogP contribution in [-0.4, -0.2) is 24.7 Å². The molecule has 1 fully saturated rings. The van der Waals surface area contributed by atoms with Gasteiger partial charge in [0.2, 0.25) is 5.91 Å². The van der Waals surface area contributed by atoms with E-state index in [0.29, 0.717) is 18.1 Å². The van der Waals surface area contributed by atoms with Crippen LogP contribution in [0.4, 0.5) is 0 Å². The maximum absolute atomic E-state index is 12.1. The zero-order chi connectivity index (χ0) is 13.8. The van der Waals surface area contributed by atoms with Crippen molar-refractivity contribution < 1.29 is 9.53 Å². The van der Waals surface area contributed by atoms with Crippen molar-refractivity contribution in [2.24, 2.45) is 5.73 Å². The molecule has 1 heterocycles. The van der Waals surface area contributed by atoms with Gasteiger partial charge in [0.25, 0.3) is 0 Å². The van der Waals surface area contributed by atoms with Crippen LogP contribution in [0.25, 0.3) is 0 Å². The predicted octanol–water partition coefficient (Wildman–Crippen LogP) is 2.02. The normalized spacial score (nSPS) is 24.8. The molecular weight excluding hydrogens is 264 g/mol. The van der Waals surface area contributed by atoms with Crippen LogP contribution in [0.15, 0.2) is 24.3 Å². The average Bonchev–Trinajstić information content (AvgIpc) is 2.40. The molecule has 1 aliphatic heterocycles. The van der Waals surface area contributed by atoms with E-state index in [4.69, 9.17) is 22.1 Å². The number of ether oxygens (including phenoxy) is 1. The summed E-state index contributed by atoms with van der Waals surface area (Å²) in [4.78, 5) is 12.1. The predicted molar refractivity (Wildman–Crippen MR) is 75.0 cm³/mol. The number of carbonyl (C=O) groups is 1. The fourth-order valence-electron chi connectivity index (χ4n) is 2.12. The molecule has 0 aromatic heterocycles. The molecule has 2 rings (SSSR count). The maximum atomic E-state index is 12.1. The van der Waals surface area contributed by atoms with Gasteiger partial charge in [0.15, 0.2) is 0 Å². The lowest BCUT2D eigenvalue weighted by atomic mass is 10.0. The molecule has 4 nitrogen and oxygen atoms in total. The quantitative estimate of drug-likeness (QED) is 0.891. The summed E-state index contributed by atoms with van der Waals surface area (Å²) in [6.45, 7) is 2.39. The Bertz CT molecular complexity index is 428. The topological polar surface area (TPSA) is 64.4 Å². The highest BCUT2D eigenvalue weighted by molar-refractivity contribution is 6.30. The van der Waals surface area contributed by atoms with Crippen molar-refractivity contribution in [1.82, 2.24) is 5.32 Å². The minimum Gasteiger partial charge on any atom is -0.367 e. The van der Waals surface area contributed by atoms with E-state index in [1.54, 1.807) is 0 Å². The summed E-state index contributed by atoms with van der Waals surface area (Å²) >= 11 is 5.84. The van der Waals surface area contributed by atoms with E-state index >= 15 is 0 Å². The van der Waals surface area contributed by atoms with Gasteiger partial charge in [-0.3, -0.25) is 4.79 Å². The van der Waals surface area contributed by atoms with Gasteiger partial charge < -0.3 is 15.8 Å². The van der Waals surface area contributed by atoms with E-state index in [1.807, 2.05) is 31.2 Å². The summed E-state index contributed by atoms with van der Waals surface area (Å²) in [5, 5.41) is 3.64. The third-order valence-electron chi connectivity index (χ3n) is 3.33. The molecule has 1 unspecified atom stereocenters. The Kier molecular flexibility index (Phi) is 4.80. The Labute approximate surface area is 118 Å². The standard InChI is InChI=1S/C14H19ClN2O2/c1-9(10-2-4-11(15)5-3-10)17-14(18)13-7-6-12(16)8-19-13/h2-5,9,12-13H,6-8,16H2,1H3,(H,17,18)/t9?,12-,13+/m1/s1. The molecule has 0 radical (unpaired) electrons. The summed E-state index contributed by atoms with van der Waals surface area (Å²) in [7, 11) is 0. The molecule has 1 amide bonds. The second-order valence-corrected chi connectivity index (χ2v) is 5.38. The number of hydrogen-bond acceptors (Lipinski definition) is 3. The number of carbonyl (C=O) groups excluding carboxylic acids is 1. The highest BCUT2D eigenvalue weighted by atomic mass is 35.5. The van der Waals surface area contributed by atoms with Gasteiger partial charge in [-0.2, -0.15) is 0 Å². The molecule has 1 saturated heterocycles. The number of rotatable bonds is 3. The first-order chi connectivity index (χ1) is 9.06. The summed E-state index contributed by atoms with van der Waals surface area (Å²) in [5.41, 5.74) is 6.75. The van der Waals surface area contributed by atoms with Gasteiger partial charge in [-0.1, -0.05) is 23.7 Å². The molecule has 1 aliphatic rings. The van der Waals surface area contributed by atoms with Crippen LogP contribution in [-0.2, 0) is 9.53 Å². The van der Waals surface area contributed by atoms with Crippen LogP contribution in [0.2, 0.25) is 5.02 Å². The molecule has 3 N–H and O–H groups in total. The van der Waals surface area contributed by atoms with Crippen molar-refractivity contribution in [2.45, 2.75) is 38.0 Å². The van der Waals surface area contributed by atoms with Gasteiger partial charge in [0.05, 0.1) is 12.6 Å². The highest BCUT2D eigenvalue weighted by Crippen LogP contribution is 2.18. The Morgan fingerprint density at radius 3 is 2.68 bits per heavy atom. The number of hydrogen-bond donors (Lipinski definition) is 2. The number of halogens is 1. The minimum atomic E-state index is -0.380. The van der Waals surface area contributed by atoms with Crippen molar-refractivity contribution in [3.05, 3.63) is 34.9 Å². The molecule has 5 heteroatoms. The summed E-state index contributed by atoms with van der Waals surface area (Å²) in [6, 6.07) is 7.43. The van der Waals surface area contributed by atoms with Gasteiger partial charge >= 0.3 is 0 Å². The second-order valence-electron chi connectivity index (χ2n) is 4.94. The second kappa shape index (κ2) is 6.37. The van der Waals surface area contributed by atoms with E-state index < -0.39 is 0 Å². The Morgan fingerprint density at radius 2 is 2.11 bits per heavy atom. The lowest BCUT2D eigenvalue weighted by molar-refractivity contribution is -0.136.